The number of aliphatic carboxylic acids is 1. The van der Waals surface area contributed by atoms with Gasteiger partial charge in [-0.25, -0.2) is 9.59 Å². The third kappa shape index (κ3) is 4.75. The molecule has 34 heavy (non-hydrogen) atoms. The molecule has 0 aromatic carbocycles. The highest BCUT2D eigenvalue weighted by atomic mass is 16.6. The molecule has 0 radical (unpaired) electrons. The Morgan fingerprint density at radius 1 is 1.00 bits per heavy atom. The van der Waals surface area contributed by atoms with Crippen LogP contribution in [0.15, 0.2) is 0 Å². The third-order valence-corrected chi connectivity index (χ3v) is 8.76. The molecule has 5 fully saturated rings. The number of carboxylic acids is 1. The molecule has 0 saturated heterocycles. The van der Waals surface area contributed by atoms with Crippen molar-refractivity contribution in [2.45, 2.75) is 82.8 Å². The van der Waals surface area contributed by atoms with Crippen LogP contribution in [0.4, 0.5) is 4.79 Å². The van der Waals surface area contributed by atoms with E-state index in [1.807, 2.05) is 0 Å². The van der Waals surface area contributed by atoms with Crippen LogP contribution in [0.1, 0.15) is 70.6 Å². The van der Waals surface area contributed by atoms with E-state index in [0.717, 1.165) is 44.9 Å². The second-order valence-electron chi connectivity index (χ2n) is 11.5. The van der Waals surface area contributed by atoms with Crippen molar-refractivity contribution in [1.29, 1.82) is 0 Å². The van der Waals surface area contributed by atoms with Gasteiger partial charge >= 0.3 is 18.0 Å². The molecule has 0 aromatic rings. The zero-order valence-electron chi connectivity index (χ0n) is 20.5. The molecule has 5 saturated carbocycles. The lowest BCUT2D eigenvalue weighted by Crippen LogP contribution is -2.61. The number of methoxy groups -OCH3 is 1. The summed E-state index contributed by atoms with van der Waals surface area (Å²) in [5.41, 5.74) is -1.28. The number of hydrogen-bond acceptors (Lipinski definition) is 6. The molecule has 0 heterocycles. The summed E-state index contributed by atoms with van der Waals surface area (Å²) in [7, 11) is 4.69. The van der Waals surface area contributed by atoms with E-state index < -0.39 is 22.8 Å². The van der Waals surface area contributed by atoms with Gasteiger partial charge in [0.2, 0.25) is 5.91 Å². The van der Waals surface area contributed by atoms with Gasteiger partial charge in [-0.1, -0.05) is 0 Å². The van der Waals surface area contributed by atoms with E-state index in [1.54, 1.807) is 14.1 Å². The van der Waals surface area contributed by atoms with Crippen molar-refractivity contribution in [1.82, 2.24) is 10.2 Å². The summed E-state index contributed by atoms with van der Waals surface area (Å²) >= 11 is 0. The maximum Gasteiger partial charge on any atom is 0.409 e. The van der Waals surface area contributed by atoms with Crippen LogP contribution >= 0.6 is 0 Å². The molecule has 2 unspecified atom stereocenters. The lowest BCUT2D eigenvalue weighted by molar-refractivity contribution is -0.182. The molecule has 2 N–H and O–H groups in total. The van der Waals surface area contributed by atoms with Crippen molar-refractivity contribution in [3.05, 3.63) is 0 Å². The molecule has 5 aliphatic carbocycles. The van der Waals surface area contributed by atoms with Gasteiger partial charge in [-0.05, 0) is 88.4 Å². The third-order valence-electron chi connectivity index (χ3n) is 8.76. The van der Waals surface area contributed by atoms with Gasteiger partial charge in [-0.15, -0.1) is 0 Å². The summed E-state index contributed by atoms with van der Waals surface area (Å²) in [5, 5.41) is 12.8. The van der Waals surface area contributed by atoms with Crippen LogP contribution in [0.2, 0.25) is 0 Å². The van der Waals surface area contributed by atoms with E-state index >= 15 is 0 Å². The van der Waals surface area contributed by atoms with Gasteiger partial charge in [-0.2, -0.15) is 0 Å². The van der Waals surface area contributed by atoms with Crippen molar-refractivity contribution in [3.8, 4) is 0 Å². The van der Waals surface area contributed by atoms with Crippen molar-refractivity contribution in [2.75, 3.05) is 21.2 Å². The van der Waals surface area contributed by atoms with E-state index in [1.165, 1.54) is 12.0 Å². The van der Waals surface area contributed by atoms with Gasteiger partial charge in [0, 0.05) is 14.1 Å². The van der Waals surface area contributed by atoms with Crippen molar-refractivity contribution in [2.24, 2.45) is 28.6 Å². The summed E-state index contributed by atoms with van der Waals surface area (Å²) in [4.78, 5) is 51.5. The second-order valence-corrected chi connectivity index (χ2v) is 11.5. The quantitative estimate of drug-likeness (QED) is 0.539. The molecule has 0 aromatic heterocycles. The van der Waals surface area contributed by atoms with Crippen molar-refractivity contribution < 1.29 is 33.8 Å². The Hall–Kier alpha value is -2.32. The van der Waals surface area contributed by atoms with E-state index in [0.29, 0.717) is 37.5 Å². The zero-order valence-corrected chi connectivity index (χ0v) is 20.5. The average Bonchev–Trinajstić information content (AvgIpc) is 2.78. The fourth-order valence-corrected chi connectivity index (χ4v) is 7.58. The van der Waals surface area contributed by atoms with Crippen molar-refractivity contribution >= 4 is 23.9 Å². The maximum absolute atomic E-state index is 13.6. The molecule has 3 atom stereocenters. The molecule has 5 aliphatic rings. The van der Waals surface area contributed by atoms with Crippen LogP contribution in [0, 0.1) is 28.6 Å². The number of carbonyl (C=O) groups is 4. The molecule has 4 bridgehead atoms. The molecule has 190 valence electrons. The molecule has 2 amide bonds. The van der Waals surface area contributed by atoms with Crippen LogP contribution in [0.5, 0.6) is 0 Å². The molecular weight excluding hydrogens is 440 g/mol. The summed E-state index contributed by atoms with van der Waals surface area (Å²) < 4.78 is 10.6. The number of nitrogens with one attached hydrogen (secondary N) is 1. The number of ether oxygens (including phenoxy) is 2. The van der Waals surface area contributed by atoms with Gasteiger partial charge in [0.25, 0.3) is 0 Å². The summed E-state index contributed by atoms with van der Waals surface area (Å²) in [6.07, 6.45) is 7.25. The Balaban J connectivity index is 1.37. The predicted molar refractivity (Wildman–Crippen MR) is 122 cm³/mol. The fraction of sp³-hybridized carbons (Fsp3) is 0.840. The summed E-state index contributed by atoms with van der Waals surface area (Å²) in [6, 6.07) is -0.958. The Labute approximate surface area is 200 Å². The normalized spacial score (nSPS) is 36.9. The van der Waals surface area contributed by atoms with E-state index in [4.69, 9.17) is 9.47 Å². The fourth-order valence-electron chi connectivity index (χ4n) is 7.58. The maximum atomic E-state index is 13.6. The average molecular weight is 479 g/mol. The smallest absolute Gasteiger partial charge is 0.409 e. The number of carbonyl (C=O) groups excluding carboxylic acids is 3. The van der Waals surface area contributed by atoms with Crippen LogP contribution in [-0.2, 0) is 23.9 Å². The van der Waals surface area contributed by atoms with Gasteiger partial charge in [0.1, 0.15) is 12.1 Å². The molecule has 9 heteroatoms. The first-order valence-electron chi connectivity index (χ1n) is 12.6. The minimum absolute atomic E-state index is 0.147. The van der Waals surface area contributed by atoms with Gasteiger partial charge in [0.05, 0.1) is 17.9 Å². The van der Waals surface area contributed by atoms with E-state index in [-0.39, 0.29) is 30.0 Å². The van der Waals surface area contributed by atoms with Crippen LogP contribution in [-0.4, -0.2) is 67.3 Å². The highest BCUT2D eigenvalue weighted by molar-refractivity contribution is 5.89. The molecular formula is C25H38N2O7. The lowest BCUT2D eigenvalue weighted by atomic mass is 9.44. The number of esters is 1. The first-order chi connectivity index (χ1) is 16.1. The first kappa shape index (κ1) is 24.8. The number of nitrogens with zero attached hydrogens (tertiary/aromatic N) is 1. The standard InChI is InChI=1S/C25H38N2O7/c1-27(2)23(32)34-18-6-4-15(5-7-18)9-19(20(28)29)26-21(30)24-10-16-8-17(11-24)13-25(12-16,14-24)22(31)33-3/h15-19H,4-14H2,1-3H3,(H,26,30)(H,28,29)/t15?,16?,17?,18?,19-,24?,25?/m0/s1. The molecule has 5 rings (SSSR count). The summed E-state index contributed by atoms with van der Waals surface area (Å²) in [5.74, 6) is -0.685. The Morgan fingerprint density at radius 2 is 1.59 bits per heavy atom. The molecule has 0 spiro atoms. The highest BCUT2D eigenvalue weighted by Crippen LogP contribution is 2.65. The monoisotopic (exact) mass is 478 g/mol. The largest absolute Gasteiger partial charge is 0.480 e. The number of hydrogen-bond donors (Lipinski definition) is 2. The van der Waals surface area contributed by atoms with Crippen LogP contribution in [0.25, 0.3) is 0 Å². The van der Waals surface area contributed by atoms with E-state index in [2.05, 4.69) is 5.32 Å². The van der Waals surface area contributed by atoms with Gasteiger partial charge in [-0.3, -0.25) is 9.59 Å². The van der Waals surface area contributed by atoms with Crippen LogP contribution < -0.4 is 5.32 Å². The Kier molecular flexibility index (Phi) is 6.84. The minimum Gasteiger partial charge on any atom is -0.480 e. The predicted octanol–water partition coefficient (Wildman–Crippen LogP) is 2.96. The lowest BCUT2D eigenvalue weighted by Gasteiger charge is -2.59. The number of rotatable bonds is 7. The van der Waals surface area contributed by atoms with Crippen LogP contribution in [0.3, 0.4) is 0 Å². The SMILES string of the molecule is COC(=O)C12CC3CC(CC(C(=O)N[C@@H](CC4CCC(OC(=O)N(C)C)CC4)C(=O)O)(C3)C1)C2. The summed E-state index contributed by atoms with van der Waals surface area (Å²) in [6.45, 7) is 0. The Morgan fingerprint density at radius 3 is 2.12 bits per heavy atom. The molecule has 0 aliphatic heterocycles. The number of amides is 2. The van der Waals surface area contributed by atoms with Gasteiger partial charge in [0.15, 0.2) is 0 Å². The van der Waals surface area contributed by atoms with Gasteiger partial charge < -0.3 is 24.8 Å². The topological polar surface area (TPSA) is 122 Å². The first-order valence-corrected chi connectivity index (χ1v) is 12.6. The highest BCUT2D eigenvalue weighted by Gasteiger charge is 2.63. The van der Waals surface area contributed by atoms with E-state index in [9.17, 15) is 24.3 Å². The molecule has 9 nitrogen and oxygen atoms in total. The second kappa shape index (κ2) is 9.38. The van der Waals surface area contributed by atoms with Crippen molar-refractivity contribution in [3.63, 3.8) is 0 Å². The Bertz CT molecular complexity index is 819. The minimum atomic E-state index is -1.03. The zero-order chi connectivity index (χ0) is 24.7. The number of carboxylic acid groups (broad SMARTS) is 1.